The number of fused-ring (bicyclic) bond motifs is 2. The highest BCUT2D eigenvalue weighted by Crippen LogP contribution is 2.41. The first-order valence-corrected chi connectivity index (χ1v) is 29.0. The van der Waals surface area contributed by atoms with Crippen molar-refractivity contribution in [1.29, 1.82) is 0 Å². The third-order valence-corrected chi connectivity index (χ3v) is 14.0. The van der Waals surface area contributed by atoms with Crippen LogP contribution in [0.3, 0.4) is 0 Å². The molecule has 0 saturated carbocycles. The minimum Gasteiger partial charge on any atom is -0.507 e. The highest BCUT2D eigenvalue weighted by molar-refractivity contribution is 5.91. The molecule has 472 valence electrons. The first-order valence-electron chi connectivity index (χ1n) is 29.0. The SMILES string of the molecule is CCCCCC/C=C/C#CCCCCCCCC(=O)OCC.COc1ccc(-c2oc3c(CC=C(C)C)c(OCCO)cc(O)c3c(=O)c2O[C@@H]2O[C@@H](C)[C@H](O)[C@@H](O)[C@H]2O)cc1.O=c1ccoc2cc(O)c(O[C@@H]3O[C@H](CO)[C@@H](O)[C@H](O)[C@H]3O)cc12. The van der Waals surface area contributed by atoms with E-state index >= 15 is 0 Å². The first-order chi connectivity index (χ1) is 41.3. The third kappa shape index (κ3) is 19.8. The van der Waals surface area contributed by atoms with Crippen molar-refractivity contribution in [1.82, 2.24) is 0 Å². The van der Waals surface area contributed by atoms with Gasteiger partial charge in [-0.15, -0.1) is 0 Å². The van der Waals surface area contributed by atoms with E-state index in [1.165, 1.54) is 77.0 Å². The van der Waals surface area contributed by atoms with Crippen molar-refractivity contribution in [3.63, 3.8) is 0 Å². The maximum Gasteiger partial charge on any atom is 0.305 e. The van der Waals surface area contributed by atoms with Crippen LogP contribution in [0.1, 0.15) is 117 Å². The maximum atomic E-state index is 14.0. The second-order valence-corrected chi connectivity index (χ2v) is 20.8. The minimum absolute atomic E-state index is 0.0404. The Kier molecular flexibility index (Phi) is 28.9. The van der Waals surface area contributed by atoms with Crippen molar-refractivity contribution >= 4 is 27.9 Å². The molecule has 3 aromatic carbocycles. The standard InChI is InChI=1S/C29H34O11.C20H34O2.C15H16O9/c1-14(2)5-10-18-20(37-12-11-30)13-19(31)21-23(33)28(40-29-25(35)24(34)22(32)15(3)38-29)26(39-27(18)21)16-6-8-17(36-4)9-7-16;1-3-5-6-7-8-9-10-11-12-13-14-15-16-17-18-19-20(21)22-4-2;16-5-11-12(19)13(20)14(21)15(24-11)23-10-3-6-7(17)1-2-22-9(6)4-8(10)18/h5-9,13,15,22,24-25,29-32,34-35H,10-12H2,1-4H3;9-10H,3-8,13-19H2,1-2H3;1-4,11-16,18-21H,5H2/b;10-9+;/t15-,22-,24+,25+,29-;;11-,12-,13+,14-,15-/m0.1/s1. The number of aliphatic hydroxyl groups excluding tert-OH is 8. The van der Waals surface area contributed by atoms with Gasteiger partial charge in [0.1, 0.15) is 83.1 Å². The smallest absolute Gasteiger partial charge is 0.305 e. The monoisotopic (exact) mass is 1200 g/mol. The molecule has 22 nitrogen and oxygen atoms in total. The van der Waals surface area contributed by atoms with Crippen LogP contribution < -0.4 is 29.8 Å². The highest BCUT2D eigenvalue weighted by Gasteiger charge is 2.46. The van der Waals surface area contributed by atoms with Crippen LogP contribution in [0.25, 0.3) is 33.3 Å². The zero-order chi connectivity index (χ0) is 62.9. The van der Waals surface area contributed by atoms with E-state index in [-0.39, 0.29) is 81.7 Å². The van der Waals surface area contributed by atoms with E-state index in [1.54, 1.807) is 24.3 Å². The number of methoxy groups -OCH3 is 1. The topological polar surface area (TPSA) is 344 Å². The van der Waals surface area contributed by atoms with Gasteiger partial charge < -0.3 is 93.1 Å². The molecule has 2 fully saturated rings. The minimum atomic E-state index is -1.69. The fraction of sp³-hybridized carbons (Fsp3) is 0.516. The van der Waals surface area contributed by atoms with E-state index < -0.39 is 79.2 Å². The molecular formula is C64H84O22. The normalized spacial score (nSPS) is 21.7. The lowest BCUT2D eigenvalue weighted by Gasteiger charge is -2.39. The summed E-state index contributed by atoms with van der Waals surface area (Å²) in [4.78, 5) is 36.9. The Morgan fingerprint density at radius 1 is 0.756 bits per heavy atom. The molecule has 7 rings (SSSR count). The van der Waals surface area contributed by atoms with Gasteiger partial charge in [-0.25, -0.2) is 0 Å². The van der Waals surface area contributed by atoms with Gasteiger partial charge in [-0.1, -0.05) is 75.0 Å². The molecule has 10 atom stereocenters. The number of esters is 1. The number of hydrogen-bond acceptors (Lipinski definition) is 22. The molecule has 10 N–H and O–H groups in total. The second kappa shape index (κ2) is 35.6. The molecule has 0 radical (unpaired) electrons. The lowest BCUT2D eigenvalue weighted by Crippen LogP contribution is -2.60. The Bertz CT molecular complexity index is 3150. The van der Waals surface area contributed by atoms with Gasteiger partial charge in [-0.2, -0.15) is 0 Å². The molecule has 22 heteroatoms. The number of phenolic OH excluding ortho intramolecular Hbond substituents is 2. The molecule has 0 amide bonds. The van der Waals surface area contributed by atoms with E-state index in [0.29, 0.717) is 29.9 Å². The fourth-order valence-electron chi connectivity index (χ4n) is 9.10. The number of allylic oxidation sites excluding steroid dienone is 4. The van der Waals surface area contributed by atoms with Gasteiger partial charge in [0.25, 0.3) is 0 Å². The molecule has 4 heterocycles. The molecule has 0 bridgehead atoms. The summed E-state index contributed by atoms with van der Waals surface area (Å²) in [5.41, 5.74) is 0.912. The lowest BCUT2D eigenvalue weighted by molar-refractivity contribution is -0.277. The van der Waals surface area contributed by atoms with E-state index in [2.05, 4.69) is 24.8 Å². The number of carbonyl (C=O) groups excluding carboxylic acids is 1. The largest absolute Gasteiger partial charge is 0.507 e. The Morgan fingerprint density at radius 3 is 2.12 bits per heavy atom. The van der Waals surface area contributed by atoms with Gasteiger partial charge in [0, 0.05) is 42.2 Å². The molecule has 2 saturated heterocycles. The van der Waals surface area contributed by atoms with Crippen molar-refractivity contribution in [2.75, 3.05) is 33.5 Å². The number of unbranched alkanes of at least 4 members (excludes halogenated alkanes) is 9. The number of aliphatic hydroxyl groups is 8. The van der Waals surface area contributed by atoms with Crippen molar-refractivity contribution in [2.24, 2.45) is 0 Å². The molecule has 0 unspecified atom stereocenters. The summed E-state index contributed by atoms with van der Waals surface area (Å²) >= 11 is 0. The number of benzene rings is 3. The predicted octanol–water partition coefficient (Wildman–Crippen LogP) is 6.75. The Morgan fingerprint density at radius 2 is 1.44 bits per heavy atom. The first kappa shape index (κ1) is 69.8. The lowest BCUT2D eigenvalue weighted by atomic mass is 9.99. The Balaban J connectivity index is 0.000000252. The van der Waals surface area contributed by atoms with Crippen molar-refractivity contribution in [3.8, 4) is 57.7 Å². The molecule has 2 aromatic heterocycles. The van der Waals surface area contributed by atoms with Crippen molar-refractivity contribution < 1.29 is 97.9 Å². The summed E-state index contributed by atoms with van der Waals surface area (Å²) in [6.07, 6.45) is 6.65. The van der Waals surface area contributed by atoms with Crippen LogP contribution in [-0.4, -0.2) is 152 Å². The molecule has 2 aliphatic heterocycles. The summed E-state index contributed by atoms with van der Waals surface area (Å²) in [7, 11) is 1.51. The van der Waals surface area contributed by atoms with Crippen LogP contribution in [0.5, 0.6) is 34.5 Å². The van der Waals surface area contributed by atoms with E-state index in [0.717, 1.165) is 43.7 Å². The van der Waals surface area contributed by atoms with Crippen LogP contribution in [-0.2, 0) is 25.4 Å². The summed E-state index contributed by atoms with van der Waals surface area (Å²) in [5.74, 6) is 5.59. The average Bonchev–Trinajstić information content (AvgIpc) is 0.791. The van der Waals surface area contributed by atoms with Gasteiger partial charge in [-0.3, -0.25) is 14.4 Å². The fourth-order valence-corrected chi connectivity index (χ4v) is 9.10. The maximum absolute atomic E-state index is 14.0. The molecule has 0 aliphatic carbocycles. The average molecular weight is 1210 g/mol. The number of rotatable bonds is 25. The van der Waals surface area contributed by atoms with Crippen LogP contribution in [0.2, 0.25) is 0 Å². The van der Waals surface area contributed by atoms with Gasteiger partial charge in [0.15, 0.2) is 22.7 Å². The number of phenols is 2. The van der Waals surface area contributed by atoms with Gasteiger partial charge in [0.05, 0.1) is 44.7 Å². The Labute approximate surface area is 499 Å². The van der Waals surface area contributed by atoms with Crippen LogP contribution >= 0.6 is 0 Å². The highest BCUT2D eigenvalue weighted by atomic mass is 16.7. The molecule has 2 aliphatic rings. The zero-order valence-electron chi connectivity index (χ0n) is 49.6. The van der Waals surface area contributed by atoms with Gasteiger partial charge >= 0.3 is 5.97 Å². The summed E-state index contributed by atoms with van der Waals surface area (Å²) in [5, 5.41) is 99.6. The zero-order valence-corrected chi connectivity index (χ0v) is 49.6. The predicted molar refractivity (Wildman–Crippen MR) is 318 cm³/mol. The Hall–Kier alpha value is -7.01. The van der Waals surface area contributed by atoms with Crippen molar-refractivity contribution in [2.45, 2.75) is 180 Å². The quantitative estimate of drug-likeness (QED) is 0.0125. The number of aromatic hydroxyl groups is 2. The van der Waals surface area contributed by atoms with Crippen LogP contribution in [0.4, 0.5) is 0 Å². The van der Waals surface area contributed by atoms with Crippen LogP contribution in [0, 0.1) is 11.8 Å². The summed E-state index contributed by atoms with van der Waals surface area (Å²) < 4.78 is 49.1. The second-order valence-electron chi connectivity index (χ2n) is 20.8. The van der Waals surface area contributed by atoms with Crippen molar-refractivity contribution in [3.05, 3.63) is 105 Å². The van der Waals surface area contributed by atoms with Crippen LogP contribution in [0.15, 0.2) is 97.0 Å². The summed E-state index contributed by atoms with van der Waals surface area (Å²) in [6.45, 7) is 8.95. The molecule has 86 heavy (non-hydrogen) atoms. The van der Waals surface area contributed by atoms with E-state index in [4.69, 9.17) is 47.1 Å². The van der Waals surface area contributed by atoms with E-state index in [1.807, 2.05) is 32.9 Å². The third-order valence-electron chi connectivity index (χ3n) is 14.0. The van der Waals surface area contributed by atoms with E-state index in [9.17, 15) is 60.3 Å². The number of hydrogen-bond donors (Lipinski definition) is 10. The molecule has 5 aromatic rings. The summed E-state index contributed by atoms with van der Waals surface area (Å²) in [6, 6.07) is 11.4. The number of carbonyl (C=O) groups is 1. The van der Waals surface area contributed by atoms with Gasteiger partial charge in [-0.05, 0) is 96.2 Å². The van der Waals surface area contributed by atoms with Gasteiger partial charge in [0.2, 0.25) is 23.8 Å². The molecule has 0 spiro atoms. The molecular weight excluding hydrogens is 1120 g/mol. The number of ether oxygens (including phenoxy) is 7.